The molecule has 11 heteroatoms. The van der Waals surface area contributed by atoms with Gasteiger partial charge in [0, 0.05) is 38.6 Å². The van der Waals surface area contributed by atoms with E-state index in [1.54, 1.807) is 26.4 Å². The maximum absolute atomic E-state index is 12.9. The van der Waals surface area contributed by atoms with E-state index in [0.717, 1.165) is 21.6 Å². The predicted octanol–water partition coefficient (Wildman–Crippen LogP) is 0.988. The first-order valence-electron chi connectivity index (χ1n) is 12.0. The lowest BCUT2D eigenvalue weighted by atomic mass is 9.96. The minimum Gasteiger partial charge on any atom is -0.394 e. The molecule has 10 nitrogen and oxygen atoms in total. The van der Waals surface area contributed by atoms with E-state index < -0.39 is 22.7 Å². The molecule has 0 radical (unpaired) electrons. The number of carbonyl (C=O) groups excluding carboxylic acids is 3. The first-order valence-corrected chi connectivity index (χ1v) is 12.9. The number of aryl methyl sites for hydroxylation is 1. The Hall–Kier alpha value is -4.25. The number of hydrogen-bond acceptors (Lipinski definition) is 8. The lowest BCUT2D eigenvalue weighted by Crippen LogP contribution is -2.44. The van der Waals surface area contributed by atoms with Crippen LogP contribution >= 0.6 is 11.3 Å². The standard InChI is InChI=1S/C27H29N5O5S/c1-14(30-27(37)21-15(2)38-13-19(21)10-20(33)31(3)4)26(36)29-11-16-5-6-17-7-8-32(12-18(17)9-16)23-22(28)24(34)25(23)35/h5-6,9,13H,1,7-8,10-12,28H2,2-4H3,(H,29,36)(H,30,37). The molecule has 0 spiro atoms. The molecule has 0 aliphatic carbocycles. The molecule has 198 valence electrons. The highest BCUT2D eigenvalue weighted by Crippen LogP contribution is 2.26. The number of hydrogen-bond donors (Lipinski definition) is 3. The number of thiophene rings is 1. The third-order valence-electron chi connectivity index (χ3n) is 6.63. The second-order valence-corrected chi connectivity index (χ2v) is 10.6. The fraction of sp³-hybridized carbons (Fsp3) is 0.296. The quantitative estimate of drug-likeness (QED) is 0.288. The van der Waals surface area contributed by atoms with Gasteiger partial charge < -0.3 is 26.2 Å². The van der Waals surface area contributed by atoms with Crippen LogP contribution in [-0.2, 0) is 35.5 Å². The molecule has 0 bridgehead atoms. The summed E-state index contributed by atoms with van der Waals surface area (Å²) >= 11 is 1.36. The summed E-state index contributed by atoms with van der Waals surface area (Å²) in [6.07, 6.45) is 0.788. The van der Waals surface area contributed by atoms with Gasteiger partial charge in [-0.2, -0.15) is 0 Å². The van der Waals surface area contributed by atoms with Gasteiger partial charge in [-0.05, 0) is 41.0 Å². The minimum atomic E-state index is -0.637. The number of rotatable bonds is 8. The Kier molecular flexibility index (Phi) is 7.49. The lowest BCUT2D eigenvalue weighted by Gasteiger charge is -2.32. The van der Waals surface area contributed by atoms with Gasteiger partial charge in [0.25, 0.3) is 22.7 Å². The summed E-state index contributed by atoms with van der Waals surface area (Å²) < 4.78 is 0. The number of benzene rings is 1. The number of likely N-dealkylation sites (N-methyl/N-ethyl adjacent to an activating group) is 1. The maximum Gasteiger partial charge on any atom is 0.267 e. The Bertz CT molecular complexity index is 1530. The summed E-state index contributed by atoms with van der Waals surface area (Å²) in [6, 6.07) is 5.82. The Balaban J connectivity index is 1.36. The molecule has 0 saturated heterocycles. The Morgan fingerprint density at radius 3 is 2.58 bits per heavy atom. The zero-order chi connectivity index (χ0) is 27.7. The van der Waals surface area contributed by atoms with E-state index in [-0.39, 0.29) is 35.9 Å². The maximum atomic E-state index is 12.9. The Labute approximate surface area is 223 Å². The second-order valence-electron chi connectivity index (χ2n) is 9.47. The number of nitrogens with zero attached hydrogens (tertiary/aromatic N) is 2. The minimum absolute atomic E-state index is 0.0106. The van der Waals surface area contributed by atoms with Crippen LogP contribution in [0.25, 0.3) is 0 Å². The molecular weight excluding hydrogens is 506 g/mol. The van der Waals surface area contributed by atoms with E-state index in [1.807, 2.05) is 23.1 Å². The molecule has 0 unspecified atom stereocenters. The molecule has 2 aromatic carbocycles. The van der Waals surface area contributed by atoms with Crippen molar-refractivity contribution < 1.29 is 14.4 Å². The third kappa shape index (κ3) is 5.23. The average molecular weight is 536 g/mol. The Morgan fingerprint density at radius 2 is 1.89 bits per heavy atom. The van der Waals surface area contributed by atoms with Gasteiger partial charge in [-0.3, -0.25) is 24.0 Å². The van der Waals surface area contributed by atoms with Crippen LogP contribution in [0.4, 0.5) is 11.4 Å². The van der Waals surface area contributed by atoms with Gasteiger partial charge in [0.05, 0.1) is 17.7 Å². The van der Waals surface area contributed by atoms with Crippen molar-refractivity contribution in [3.05, 3.63) is 89.0 Å². The molecule has 3 aromatic rings. The molecule has 3 amide bonds. The van der Waals surface area contributed by atoms with Crippen LogP contribution in [0.2, 0.25) is 0 Å². The number of fused-ring (bicyclic) bond motifs is 1. The van der Waals surface area contributed by atoms with Gasteiger partial charge in [-0.25, -0.2) is 0 Å². The largest absolute Gasteiger partial charge is 0.394 e. The fourth-order valence-electron chi connectivity index (χ4n) is 4.43. The molecule has 2 heterocycles. The van der Waals surface area contributed by atoms with E-state index in [9.17, 15) is 24.0 Å². The summed E-state index contributed by atoms with van der Waals surface area (Å²) in [5.74, 6) is -1.15. The van der Waals surface area contributed by atoms with Crippen molar-refractivity contribution in [3.8, 4) is 0 Å². The van der Waals surface area contributed by atoms with Crippen LogP contribution in [0.15, 0.2) is 45.4 Å². The highest BCUT2D eigenvalue weighted by atomic mass is 32.1. The van der Waals surface area contributed by atoms with Crippen molar-refractivity contribution >= 4 is 40.4 Å². The Morgan fingerprint density at radius 1 is 1.16 bits per heavy atom. The first kappa shape index (κ1) is 26.8. The van der Waals surface area contributed by atoms with Crippen LogP contribution in [0.1, 0.15) is 37.5 Å². The molecule has 1 aliphatic rings. The zero-order valence-electron chi connectivity index (χ0n) is 21.5. The molecule has 0 atom stereocenters. The summed E-state index contributed by atoms with van der Waals surface area (Å²) in [7, 11) is 3.30. The van der Waals surface area contributed by atoms with Gasteiger partial charge >= 0.3 is 0 Å². The van der Waals surface area contributed by atoms with Crippen LogP contribution in [0, 0.1) is 6.92 Å². The van der Waals surface area contributed by atoms with E-state index in [4.69, 9.17) is 5.73 Å². The van der Waals surface area contributed by atoms with Crippen molar-refractivity contribution in [3.63, 3.8) is 0 Å². The van der Waals surface area contributed by atoms with Crippen molar-refractivity contribution in [1.82, 2.24) is 15.5 Å². The third-order valence-corrected chi connectivity index (χ3v) is 7.59. The van der Waals surface area contributed by atoms with E-state index >= 15 is 0 Å². The molecule has 38 heavy (non-hydrogen) atoms. The van der Waals surface area contributed by atoms with Crippen molar-refractivity contribution in [2.45, 2.75) is 32.9 Å². The molecule has 4 N–H and O–H groups in total. The van der Waals surface area contributed by atoms with Gasteiger partial charge in [0.1, 0.15) is 11.4 Å². The number of nitrogens with two attached hydrogens (primary N) is 1. The fourth-order valence-corrected chi connectivity index (χ4v) is 5.29. The molecular formula is C27H29N5O5S. The molecule has 0 saturated carbocycles. The molecule has 1 aromatic heterocycles. The van der Waals surface area contributed by atoms with Crippen LogP contribution < -0.4 is 32.1 Å². The van der Waals surface area contributed by atoms with E-state index in [1.165, 1.54) is 16.2 Å². The number of anilines is 2. The van der Waals surface area contributed by atoms with Gasteiger partial charge in [0.2, 0.25) is 5.91 Å². The summed E-state index contributed by atoms with van der Waals surface area (Å²) in [4.78, 5) is 65.1. The average Bonchev–Trinajstić information content (AvgIpc) is 3.26. The smallest absolute Gasteiger partial charge is 0.267 e. The van der Waals surface area contributed by atoms with Gasteiger partial charge in [-0.15, -0.1) is 11.3 Å². The monoisotopic (exact) mass is 535 g/mol. The zero-order valence-corrected chi connectivity index (χ0v) is 22.3. The SMILES string of the molecule is C=C(NC(=O)c1c(CC(=O)N(C)C)csc1C)C(=O)NCc1ccc2c(c1)CN(c1c(N)c(=O)c1=O)CC2. The summed E-state index contributed by atoms with van der Waals surface area (Å²) in [5.41, 5.74) is 8.63. The molecule has 4 rings (SSSR count). The van der Waals surface area contributed by atoms with Crippen molar-refractivity contribution in [2.75, 3.05) is 31.3 Å². The highest BCUT2D eigenvalue weighted by Gasteiger charge is 2.27. The number of amides is 3. The molecule has 0 fully saturated rings. The van der Waals surface area contributed by atoms with Crippen LogP contribution in [0.5, 0.6) is 0 Å². The highest BCUT2D eigenvalue weighted by molar-refractivity contribution is 7.10. The number of carbonyl (C=O) groups is 3. The van der Waals surface area contributed by atoms with Crippen molar-refractivity contribution in [1.29, 1.82) is 0 Å². The van der Waals surface area contributed by atoms with Crippen LogP contribution in [0.3, 0.4) is 0 Å². The molecule has 1 aliphatic heterocycles. The second kappa shape index (κ2) is 10.6. The summed E-state index contributed by atoms with van der Waals surface area (Å²) in [5, 5.41) is 7.08. The van der Waals surface area contributed by atoms with Gasteiger partial charge in [-0.1, -0.05) is 24.8 Å². The normalized spacial score (nSPS) is 12.7. The van der Waals surface area contributed by atoms with E-state index in [2.05, 4.69) is 17.2 Å². The van der Waals surface area contributed by atoms with Gasteiger partial charge in [0.15, 0.2) is 0 Å². The predicted molar refractivity (Wildman–Crippen MR) is 147 cm³/mol. The summed E-state index contributed by atoms with van der Waals surface area (Å²) in [6.45, 7) is 6.71. The van der Waals surface area contributed by atoms with Crippen molar-refractivity contribution in [2.24, 2.45) is 0 Å². The lowest BCUT2D eigenvalue weighted by molar-refractivity contribution is -0.128. The van der Waals surface area contributed by atoms with Crippen LogP contribution in [-0.4, -0.2) is 43.3 Å². The topological polar surface area (TPSA) is 142 Å². The number of nitrogens with one attached hydrogen (secondary N) is 2. The van der Waals surface area contributed by atoms with E-state index in [0.29, 0.717) is 30.6 Å². The number of nitrogen functional groups attached to an aromatic ring is 1. The first-order chi connectivity index (χ1) is 18.0.